The van der Waals surface area contributed by atoms with Gasteiger partial charge in [0.2, 0.25) is 5.88 Å². The Bertz CT molecular complexity index is 349. The number of aromatic nitrogens is 1. The predicted octanol–water partition coefficient (Wildman–Crippen LogP) is 3.39. The molecule has 1 atom stereocenters. The lowest BCUT2D eigenvalue weighted by atomic mass is 9.88. The van der Waals surface area contributed by atoms with Crippen molar-refractivity contribution in [1.82, 2.24) is 4.98 Å². The summed E-state index contributed by atoms with van der Waals surface area (Å²) in [4.78, 5) is 4.58. The minimum Gasteiger partial charge on any atom is -0.481 e. The molecule has 2 heteroatoms. The van der Waals surface area contributed by atoms with Gasteiger partial charge in [-0.3, -0.25) is 0 Å². The van der Waals surface area contributed by atoms with Gasteiger partial charge in [-0.25, -0.2) is 4.98 Å². The molecule has 1 heterocycles. The summed E-state index contributed by atoms with van der Waals surface area (Å²) in [7, 11) is 1.69. The Morgan fingerprint density at radius 3 is 2.94 bits per heavy atom. The molecule has 0 saturated carbocycles. The van der Waals surface area contributed by atoms with Crippen molar-refractivity contribution in [1.29, 1.82) is 0 Å². The highest BCUT2D eigenvalue weighted by Crippen LogP contribution is 2.25. The van der Waals surface area contributed by atoms with Gasteiger partial charge in [-0.15, -0.1) is 0 Å². The van der Waals surface area contributed by atoms with E-state index in [2.05, 4.69) is 18.0 Å². The minimum absolute atomic E-state index is 0.757. The average Bonchev–Trinajstić information content (AvgIpc) is 2.30. The van der Waals surface area contributed by atoms with Crippen molar-refractivity contribution in [3.8, 4) is 5.88 Å². The molecule has 1 aliphatic rings. The fraction of sp³-hybridized carbons (Fsp3) is 0.643. The summed E-state index contributed by atoms with van der Waals surface area (Å²) in [5, 5.41) is 0. The number of hydrogen-bond donors (Lipinski definition) is 0. The maximum atomic E-state index is 5.19. The number of nitrogens with zero attached hydrogens (tertiary/aromatic N) is 1. The fourth-order valence-corrected chi connectivity index (χ4v) is 2.54. The first-order valence-electron chi connectivity index (χ1n) is 6.36. The molecule has 0 fully saturated rings. The number of ether oxygens (including phenoxy) is 1. The van der Waals surface area contributed by atoms with Gasteiger partial charge >= 0.3 is 0 Å². The molecule has 0 radical (unpaired) electrons. The zero-order chi connectivity index (χ0) is 11.4. The van der Waals surface area contributed by atoms with Gasteiger partial charge in [0.15, 0.2) is 0 Å². The molecule has 88 valence electrons. The van der Waals surface area contributed by atoms with E-state index in [1.54, 1.807) is 7.11 Å². The number of methoxy groups -OCH3 is 1. The number of rotatable bonds is 2. The van der Waals surface area contributed by atoms with Gasteiger partial charge in [-0.05, 0) is 37.2 Å². The molecule has 2 nitrogen and oxygen atoms in total. The van der Waals surface area contributed by atoms with Gasteiger partial charge in [-0.1, -0.05) is 25.8 Å². The zero-order valence-electron chi connectivity index (χ0n) is 10.3. The summed E-state index contributed by atoms with van der Waals surface area (Å²) in [6, 6.07) is 4.17. The Morgan fingerprint density at radius 2 is 2.19 bits per heavy atom. The molecule has 2 rings (SSSR count). The van der Waals surface area contributed by atoms with Crippen molar-refractivity contribution < 1.29 is 4.74 Å². The van der Waals surface area contributed by atoms with E-state index in [4.69, 9.17) is 4.74 Å². The lowest BCUT2D eigenvalue weighted by Gasteiger charge is -2.19. The molecule has 0 N–H and O–H groups in total. The van der Waals surface area contributed by atoms with Crippen molar-refractivity contribution in [3.63, 3.8) is 0 Å². The molecule has 1 aromatic heterocycles. The summed E-state index contributed by atoms with van der Waals surface area (Å²) < 4.78 is 5.19. The predicted molar refractivity (Wildman–Crippen MR) is 65.8 cm³/mol. The molecule has 1 aromatic rings. The molecule has 0 aliphatic heterocycles. The summed E-state index contributed by atoms with van der Waals surface area (Å²) in [5.74, 6) is 1.65. The van der Waals surface area contributed by atoms with Crippen LogP contribution < -0.4 is 4.74 Å². The summed E-state index contributed by atoms with van der Waals surface area (Å²) in [5.41, 5.74) is 2.69. The Labute approximate surface area is 98.0 Å². The van der Waals surface area contributed by atoms with E-state index in [1.807, 2.05) is 6.07 Å². The van der Waals surface area contributed by atoms with Crippen LogP contribution in [-0.4, -0.2) is 12.1 Å². The molecule has 16 heavy (non-hydrogen) atoms. The second-order valence-corrected chi connectivity index (χ2v) is 4.66. The third-order valence-corrected chi connectivity index (χ3v) is 3.68. The zero-order valence-corrected chi connectivity index (χ0v) is 10.3. The SMILES string of the molecule is CCC1CCCc2ccc(OC)nc2CC1. The molecule has 0 bridgehead atoms. The molecule has 1 aliphatic carbocycles. The first-order chi connectivity index (χ1) is 7.83. The summed E-state index contributed by atoms with van der Waals surface area (Å²) >= 11 is 0. The van der Waals surface area contributed by atoms with Crippen LogP contribution in [0.4, 0.5) is 0 Å². The molecule has 0 spiro atoms. The van der Waals surface area contributed by atoms with Crippen LogP contribution in [0.3, 0.4) is 0 Å². The smallest absolute Gasteiger partial charge is 0.213 e. The van der Waals surface area contributed by atoms with Crippen LogP contribution in [0.15, 0.2) is 12.1 Å². The molecule has 1 unspecified atom stereocenters. The van der Waals surface area contributed by atoms with E-state index in [-0.39, 0.29) is 0 Å². The van der Waals surface area contributed by atoms with Crippen molar-refractivity contribution in [2.75, 3.05) is 7.11 Å². The molecular weight excluding hydrogens is 198 g/mol. The van der Waals surface area contributed by atoms with Crippen LogP contribution >= 0.6 is 0 Å². The van der Waals surface area contributed by atoms with Gasteiger partial charge in [0.1, 0.15) is 0 Å². The van der Waals surface area contributed by atoms with Gasteiger partial charge < -0.3 is 4.74 Å². The lowest BCUT2D eigenvalue weighted by molar-refractivity contribution is 0.387. The highest BCUT2D eigenvalue weighted by molar-refractivity contribution is 5.26. The monoisotopic (exact) mass is 219 g/mol. The molecule has 0 amide bonds. The Hall–Kier alpha value is -1.05. The first-order valence-corrected chi connectivity index (χ1v) is 6.36. The third-order valence-electron chi connectivity index (χ3n) is 3.68. The van der Waals surface area contributed by atoms with E-state index < -0.39 is 0 Å². The van der Waals surface area contributed by atoms with Crippen molar-refractivity contribution in [2.24, 2.45) is 5.92 Å². The number of aryl methyl sites for hydroxylation is 2. The number of pyridine rings is 1. The second-order valence-electron chi connectivity index (χ2n) is 4.66. The quantitative estimate of drug-likeness (QED) is 0.760. The largest absolute Gasteiger partial charge is 0.481 e. The summed E-state index contributed by atoms with van der Waals surface area (Å²) in [6.45, 7) is 2.30. The Morgan fingerprint density at radius 1 is 1.31 bits per heavy atom. The topological polar surface area (TPSA) is 22.1 Å². The van der Waals surface area contributed by atoms with E-state index in [1.165, 1.54) is 43.4 Å². The van der Waals surface area contributed by atoms with Crippen LogP contribution in [0.25, 0.3) is 0 Å². The van der Waals surface area contributed by atoms with Crippen LogP contribution in [0.1, 0.15) is 43.9 Å². The number of fused-ring (bicyclic) bond motifs is 1. The van der Waals surface area contributed by atoms with Crippen molar-refractivity contribution in [2.45, 2.75) is 45.4 Å². The first kappa shape index (κ1) is 11.4. The second kappa shape index (κ2) is 5.33. The van der Waals surface area contributed by atoms with E-state index in [0.717, 1.165) is 18.2 Å². The minimum atomic E-state index is 0.757. The normalized spacial score (nSPS) is 20.8. The summed E-state index contributed by atoms with van der Waals surface area (Å²) in [6.07, 6.45) is 7.57. The highest BCUT2D eigenvalue weighted by atomic mass is 16.5. The number of hydrogen-bond acceptors (Lipinski definition) is 2. The van der Waals surface area contributed by atoms with Crippen LogP contribution in [-0.2, 0) is 12.8 Å². The maximum absolute atomic E-state index is 5.19. The Kier molecular flexibility index (Phi) is 3.81. The van der Waals surface area contributed by atoms with E-state index >= 15 is 0 Å². The van der Waals surface area contributed by atoms with Crippen LogP contribution in [0.5, 0.6) is 5.88 Å². The van der Waals surface area contributed by atoms with Gasteiger partial charge in [0.25, 0.3) is 0 Å². The van der Waals surface area contributed by atoms with Crippen LogP contribution in [0, 0.1) is 5.92 Å². The molecule has 0 aromatic carbocycles. The standard InChI is InChI=1S/C14H21NO/c1-3-11-5-4-6-12-8-10-14(16-2)15-13(12)9-7-11/h8,10-11H,3-7,9H2,1-2H3. The van der Waals surface area contributed by atoms with Crippen molar-refractivity contribution in [3.05, 3.63) is 23.4 Å². The van der Waals surface area contributed by atoms with E-state index in [9.17, 15) is 0 Å². The van der Waals surface area contributed by atoms with Gasteiger partial charge in [-0.2, -0.15) is 0 Å². The van der Waals surface area contributed by atoms with Crippen molar-refractivity contribution >= 4 is 0 Å². The maximum Gasteiger partial charge on any atom is 0.213 e. The molecular formula is C14H21NO. The average molecular weight is 219 g/mol. The third kappa shape index (κ3) is 2.55. The highest BCUT2D eigenvalue weighted by Gasteiger charge is 2.14. The van der Waals surface area contributed by atoms with E-state index in [0.29, 0.717) is 0 Å². The Balaban J connectivity index is 2.18. The molecule has 0 saturated heterocycles. The van der Waals surface area contributed by atoms with Gasteiger partial charge in [0.05, 0.1) is 7.11 Å². The fourth-order valence-electron chi connectivity index (χ4n) is 2.54. The van der Waals surface area contributed by atoms with Gasteiger partial charge in [0, 0.05) is 11.8 Å². The van der Waals surface area contributed by atoms with Crippen LogP contribution in [0.2, 0.25) is 0 Å². The lowest BCUT2D eigenvalue weighted by Crippen LogP contribution is -2.09.